The first-order chi connectivity index (χ1) is 19.9. The second-order valence-corrected chi connectivity index (χ2v) is 11.3. The number of aliphatic imine (C=N–C) groups is 1. The van der Waals surface area contributed by atoms with Crippen molar-refractivity contribution in [2.45, 2.75) is 44.1 Å². The summed E-state index contributed by atoms with van der Waals surface area (Å²) in [6.07, 6.45) is 8.34. The SMILES string of the molecule is CN(C)Cc1nc(Nc2ccc(-c3cnc4n3C3C=COC3N=C4)c3c2C(=O)NC3)ccc1[C@H]1CCN(C)C(=O)C1. The third-order valence-corrected chi connectivity index (χ3v) is 8.33. The number of aromatic nitrogens is 3. The Labute approximate surface area is 237 Å². The lowest BCUT2D eigenvalue weighted by atomic mass is 9.88. The van der Waals surface area contributed by atoms with Gasteiger partial charge in [-0.3, -0.25) is 9.59 Å². The third-order valence-electron chi connectivity index (χ3n) is 8.33. The lowest BCUT2D eigenvalue weighted by molar-refractivity contribution is -0.132. The number of hydrogen-bond acceptors (Lipinski definition) is 8. The summed E-state index contributed by atoms with van der Waals surface area (Å²) in [6.45, 7) is 1.83. The molecule has 11 heteroatoms. The van der Waals surface area contributed by atoms with Crippen molar-refractivity contribution < 1.29 is 14.3 Å². The topological polar surface area (TPSA) is 117 Å². The van der Waals surface area contributed by atoms with E-state index < -0.39 is 0 Å². The van der Waals surface area contributed by atoms with Gasteiger partial charge in [0.05, 0.1) is 41.3 Å². The monoisotopic (exact) mass is 552 g/mol. The molecule has 6 heterocycles. The molecule has 2 N–H and O–H groups in total. The second kappa shape index (κ2) is 9.84. The van der Waals surface area contributed by atoms with E-state index in [-0.39, 0.29) is 30.0 Å². The summed E-state index contributed by atoms with van der Waals surface area (Å²) < 4.78 is 7.75. The van der Waals surface area contributed by atoms with Crippen molar-refractivity contribution in [3.63, 3.8) is 0 Å². The molecule has 3 aromatic rings. The van der Waals surface area contributed by atoms with E-state index in [0.29, 0.717) is 36.6 Å². The molecule has 0 spiro atoms. The van der Waals surface area contributed by atoms with E-state index in [0.717, 1.165) is 46.9 Å². The molecule has 2 aromatic heterocycles. The molecule has 2 unspecified atom stereocenters. The van der Waals surface area contributed by atoms with Crippen LogP contribution in [0.1, 0.15) is 57.8 Å². The molecular weight excluding hydrogens is 520 g/mol. The van der Waals surface area contributed by atoms with Gasteiger partial charge in [0, 0.05) is 38.7 Å². The van der Waals surface area contributed by atoms with Crippen LogP contribution in [0.2, 0.25) is 0 Å². The highest BCUT2D eigenvalue weighted by Crippen LogP contribution is 2.39. The highest BCUT2D eigenvalue weighted by Gasteiger charge is 2.34. The van der Waals surface area contributed by atoms with Gasteiger partial charge in [0.25, 0.3) is 5.91 Å². The fraction of sp³-hybridized carbons (Fsp3) is 0.367. The zero-order valence-electron chi connectivity index (χ0n) is 23.3. The van der Waals surface area contributed by atoms with Crippen molar-refractivity contribution in [2.75, 3.05) is 33.0 Å². The Bertz CT molecular complexity index is 1620. The standard InChI is InChI=1S/C30H32N8O3/c1-36(2)16-22-18(17-8-10-37(3)27(39)12-17)5-7-25(35-22)34-21-6-4-19(20-13-32-29(40)28(20)21)24-14-31-26-15-33-30-23(38(24)26)9-11-41-30/h4-7,9,11,14-15,17,23,30H,8,10,12-13,16H2,1-3H3,(H,32,40)(H,34,35)/t17-,23?,30?/m0/s1. The number of benzene rings is 1. The van der Waals surface area contributed by atoms with Crippen molar-refractivity contribution in [3.8, 4) is 11.3 Å². The number of imidazole rings is 1. The van der Waals surface area contributed by atoms with Crippen LogP contribution in [0.3, 0.4) is 0 Å². The highest BCUT2D eigenvalue weighted by atomic mass is 16.5. The molecule has 7 rings (SSSR count). The van der Waals surface area contributed by atoms with Gasteiger partial charge in [0.1, 0.15) is 11.9 Å². The molecule has 0 saturated carbocycles. The van der Waals surface area contributed by atoms with Crippen LogP contribution < -0.4 is 10.6 Å². The van der Waals surface area contributed by atoms with Crippen LogP contribution in [0, 0.1) is 0 Å². The van der Waals surface area contributed by atoms with Gasteiger partial charge in [-0.25, -0.2) is 15.0 Å². The minimum Gasteiger partial charge on any atom is -0.474 e. The van der Waals surface area contributed by atoms with E-state index in [2.05, 4.69) is 36.1 Å². The summed E-state index contributed by atoms with van der Waals surface area (Å²) in [4.78, 5) is 43.4. The summed E-state index contributed by atoms with van der Waals surface area (Å²) in [6, 6.07) is 7.92. The Morgan fingerprint density at radius 2 is 2.07 bits per heavy atom. The van der Waals surface area contributed by atoms with Gasteiger partial charge in [0.2, 0.25) is 12.1 Å². The number of ether oxygens (including phenoxy) is 1. The molecule has 1 fully saturated rings. The number of amides is 2. The number of anilines is 2. The molecule has 0 bridgehead atoms. The summed E-state index contributed by atoms with van der Waals surface area (Å²) >= 11 is 0. The molecule has 4 aliphatic heterocycles. The van der Waals surface area contributed by atoms with Crippen LogP contribution in [0.25, 0.3) is 11.3 Å². The quantitative estimate of drug-likeness (QED) is 0.483. The fourth-order valence-electron chi connectivity index (χ4n) is 6.26. The molecule has 41 heavy (non-hydrogen) atoms. The van der Waals surface area contributed by atoms with Crippen molar-refractivity contribution in [1.29, 1.82) is 0 Å². The van der Waals surface area contributed by atoms with E-state index in [1.54, 1.807) is 17.4 Å². The summed E-state index contributed by atoms with van der Waals surface area (Å²) in [5.74, 6) is 1.61. The minimum atomic E-state index is -0.303. The average molecular weight is 553 g/mol. The molecule has 0 radical (unpaired) electrons. The molecule has 4 aliphatic rings. The van der Waals surface area contributed by atoms with E-state index in [4.69, 9.17) is 9.72 Å². The number of nitrogens with one attached hydrogen (secondary N) is 2. The maximum atomic E-state index is 13.1. The van der Waals surface area contributed by atoms with Gasteiger partial charge in [-0.1, -0.05) is 12.1 Å². The molecule has 1 aromatic carbocycles. The minimum absolute atomic E-state index is 0.0799. The summed E-state index contributed by atoms with van der Waals surface area (Å²) in [5, 5.41) is 6.43. The molecular formula is C30H32N8O3. The molecule has 1 saturated heterocycles. The number of rotatable bonds is 6. The van der Waals surface area contributed by atoms with Gasteiger partial charge < -0.3 is 29.7 Å². The van der Waals surface area contributed by atoms with Gasteiger partial charge >= 0.3 is 0 Å². The normalized spacial score (nSPS) is 22.4. The second-order valence-electron chi connectivity index (χ2n) is 11.3. The van der Waals surface area contributed by atoms with Gasteiger partial charge in [-0.2, -0.15) is 0 Å². The van der Waals surface area contributed by atoms with Crippen molar-refractivity contribution >= 4 is 29.5 Å². The van der Waals surface area contributed by atoms with Crippen LogP contribution in [-0.4, -0.2) is 76.3 Å². The summed E-state index contributed by atoms with van der Waals surface area (Å²) in [5.41, 5.74) is 6.14. The number of carbonyl (C=O) groups excluding carboxylic acids is 2. The first-order valence-electron chi connectivity index (χ1n) is 13.9. The van der Waals surface area contributed by atoms with E-state index in [1.165, 1.54) is 0 Å². The first-order valence-corrected chi connectivity index (χ1v) is 13.9. The smallest absolute Gasteiger partial charge is 0.254 e. The maximum absolute atomic E-state index is 13.1. The van der Waals surface area contributed by atoms with E-state index in [1.807, 2.05) is 51.6 Å². The fourth-order valence-corrected chi connectivity index (χ4v) is 6.26. The van der Waals surface area contributed by atoms with E-state index >= 15 is 0 Å². The zero-order valence-corrected chi connectivity index (χ0v) is 23.3. The predicted molar refractivity (Wildman–Crippen MR) is 154 cm³/mol. The number of pyridine rings is 1. The van der Waals surface area contributed by atoms with Crippen molar-refractivity contribution in [2.24, 2.45) is 4.99 Å². The Hall–Kier alpha value is -4.51. The number of nitrogens with zero attached hydrogens (tertiary/aromatic N) is 6. The van der Waals surface area contributed by atoms with Gasteiger partial charge in [-0.15, -0.1) is 0 Å². The predicted octanol–water partition coefficient (Wildman–Crippen LogP) is 3.17. The number of carbonyl (C=O) groups is 2. The molecule has 0 aliphatic carbocycles. The Morgan fingerprint density at radius 1 is 1.20 bits per heavy atom. The Kier molecular flexibility index (Phi) is 6.11. The number of piperidine rings is 1. The number of hydrogen-bond donors (Lipinski definition) is 2. The largest absolute Gasteiger partial charge is 0.474 e. The summed E-state index contributed by atoms with van der Waals surface area (Å²) in [7, 11) is 5.88. The molecule has 2 amide bonds. The number of likely N-dealkylation sites (tertiary alicyclic amines) is 1. The maximum Gasteiger partial charge on any atom is 0.254 e. The van der Waals surface area contributed by atoms with Crippen LogP contribution in [0.4, 0.5) is 11.5 Å². The van der Waals surface area contributed by atoms with Crippen molar-refractivity contribution in [1.82, 2.24) is 29.7 Å². The van der Waals surface area contributed by atoms with Crippen LogP contribution in [0.15, 0.2) is 47.8 Å². The van der Waals surface area contributed by atoms with Gasteiger partial charge in [0.15, 0.2) is 5.82 Å². The molecule has 210 valence electrons. The lowest BCUT2D eigenvalue weighted by Gasteiger charge is -2.30. The first kappa shape index (κ1) is 25.5. The molecule has 11 nitrogen and oxygen atoms in total. The number of fused-ring (bicyclic) bond motifs is 4. The Morgan fingerprint density at radius 3 is 2.90 bits per heavy atom. The zero-order chi connectivity index (χ0) is 28.2. The van der Waals surface area contributed by atoms with Crippen LogP contribution in [-0.2, 0) is 22.6 Å². The Balaban J connectivity index is 1.23. The third kappa shape index (κ3) is 4.37. The lowest BCUT2D eigenvalue weighted by Crippen LogP contribution is -2.35. The molecule has 3 atom stereocenters. The van der Waals surface area contributed by atoms with Gasteiger partial charge in [-0.05, 0) is 55.8 Å². The van der Waals surface area contributed by atoms with Crippen LogP contribution in [0.5, 0.6) is 0 Å². The highest BCUT2D eigenvalue weighted by molar-refractivity contribution is 6.06. The average Bonchev–Trinajstić information content (AvgIpc) is 3.69. The van der Waals surface area contributed by atoms with E-state index in [9.17, 15) is 9.59 Å². The van der Waals surface area contributed by atoms with Crippen LogP contribution >= 0.6 is 0 Å². The van der Waals surface area contributed by atoms with Crippen molar-refractivity contribution in [3.05, 3.63) is 71.0 Å².